The second kappa shape index (κ2) is 9.96. The van der Waals surface area contributed by atoms with Gasteiger partial charge in [-0.1, -0.05) is 35.3 Å². The quantitative estimate of drug-likeness (QED) is 0.251. The van der Waals surface area contributed by atoms with E-state index in [2.05, 4.69) is 0 Å². The number of anilines is 1. The summed E-state index contributed by atoms with van der Waals surface area (Å²) in [5.41, 5.74) is 0.494. The highest BCUT2D eigenvalue weighted by Crippen LogP contribution is 2.48. The molecule has 11 heteroatoms. The molecule has 1 atom stereocenters. The standard InChI is InChI=1S/C25H19Cl2NO8/c1-34-23-14(11-15(26)24(35-2)19(23)27)21(31)18-20(16-4-3-9-36-16)28(25(33)22(18)32)13-7-5-12(6-8-13)10-17(29)30/h3-9,11,20,31H,10H2,1-2H3,(H,29,30)/b21-18-. The molecule has 186 valence electrons. The number of aliphatic hydroxyl groups excluding tert-OH is 1. The average Bonchev–Trinajstić information content (AvgIpc) is 3.46. The number of hydrogen-bond donors (Lipinski definition) is 2. The van der Waals surface area contributed by atoms with Crippen LogP contribution in [0, 0.1) is 0 Å². The number of carboxylic acids is 1. The van der Waals surface area contributed by atoms with Gasteiger partial charge in [0.05, 0.1) is 43.1 Å². The predicted molar refractivity (Wildman–Crippen MR) is 131 cm³/mol. The Balaban J connectivity index is 1.92. The van der Waals surface area contributed by atoms with Gasteiger partial charge in [-0.3, -0.25) is 19.3 Å². The third-order valence-electron chi connectivity index (χ3n) is 5.62. The number of carboxylic acid groups (broad SMARTS) is 1. The highest BCUT2D eigenvalue weighted by atomic mass is 35.5. The maximum absolute atomic E-state index is 13.3. The van der Waals surface area contributed by atoms with Gasteiger partial charge in [-0.25, -0.2) is 0 Å². The van der Waals surface area contributed by atoms with Crippen molar-refractivity contribution < 1.29 is 38.5 Å². The number of halogens is 2. The molecule has 1 unspecified atom stereocenters. The number of aliphatic carboxylic acids is 1. The Hall–Kier alpha value is -3.95. The lowest BCUT2D eigenvalue weighted by Crippen LogP contribution is -2.29. The van der Waals surface area contributed by atoms with Crippen LogP contribution >= 0.6 is 23.2 Å². The minimum Gasteiger partial charge on any atom is -0.507 e. The van der Waals surface area contributed by atoms with Crippen molar-refractivity contribution in [2.75, 3.05) is 19.1 Å². The molecular weight excluding hydrogens is 513 g/mol. The number of amides is 1. The molecule has 2 aromatic carbocycles. The van der Waals surface area contributed by atoms with Gasteiger partial charge in [-0.05, 0) is 35.9 Å². The first-order chi connectivity index (χ1) is 17.2. The van der Waals surface area contributed by atoms with Gasteiger partial charge >= 0.3 is 5.97 Å². The van der Waals surface area contributed by atoms with Crippen molar-refractivity contribution in [3.05, 3.63) is 81.2 Å². The largest absolute Gasteiger partial charge is 0.507 e. The number of rotatable bonds is 7. The molecule has 0 spiro atoms. The molecule has 3 aromatic rings. The van der Waals surface area contributed by atoms with Gasteiger partial charge in [0.1, 0.15) is 22.6 Å². The number of hydrogen-bond acceptors (Lipinski definition) is 7. The lowest BCUT2D eigenvalue weighted by atomic mass is 9.98. The second-order valence-electron chi connectivity index (χ2n) is 7.71. The zero-order valence-corrected chi connectivity index (χ0v) is 20.5. The number of ether oxygens (including phenoxy) is 2. The molecule has 0 radical (unpaired) electrons. The van der Waals surface area contributed by atoms with Gasteiger partial charge in [-0.15, -0.1) is 0 Å². The molecule has 2 heterocycles. The van der Waals surface area contributed by atoms with E-state index >= 15 is 0 Å². The van der Waals surface area contributed by atoms with Crippen LogP contribution < -0.4 is 14.4 Å². The lowest BCUT2D eigenvalue weighted by molar-refractivity contribution is -0.136. The first kappa shape index (κ1) is 25.2. The molecule has 0 saturated carbocycles. The maximum atomic E-state index is 13.3. The number of ketones is 1. The Bertz CT molecular complexity index is 1380. The molecule has 0 aliphatic carbocycles. The third kappa shape index (κ3) is 4.27. The summed E-state index contributed by atoms with van der Waals surface area (Å²) >= 11 is 12.6. The highest BCUT2D eigenvalue weighted by molar-refractivity contribution is 6.51. The second-order valence-corrected chi connectivity index (χ2v) is 8.49. The molecule has 1 saturated heterocycles. The summed E-state index contributed by atoms with van der Waals surface area (Å²) in [5.74, 6) is -3.20. The summed E-state index contributed by atoms with van der Waals surface area (Å²) in [7, 11) is 2.67. The summed E-state index contributed by atoms with van der Waals surface area (Å²) in [6.07, 6.45) is 1.16. The number of aliphatic hydroxyl groups is 1. The number of carbonyl (C=O) groups is 3. The van der Waals surface area contributed by atoms with Crippen molar-refractivity contribution in [2.45, 2.75) is 12.5 Å². The zero-order chi connectivity index (χ0) is 26.1. The maximum Gasteiger partial charge on any atom is 0.307 e. The summed E-state index contributed by atoms with van der Waals surface area (Å²) in [5, 5.41) is 20.4. The van der Waals surface area contributed by atoms with Crippen LogP contribution in [0.15, 0.2) is 58.7 Å². The Morgan fingerprint density at radius 1 is 1.06 bits per heavy atom. The van der Waals surface area contributed by atoms with Crippen LogP contribution in [0.1, 0.15) is 22.9 Å². The number of carbonyl (C=O) groups excluding carboxylic acids is 2. The van der Waals surface area contributed by atoms with Gasteiger partial charge in [0.15, 0.2) is 11.5 Å². The van der Waals surface area contributed by atoms with Gasteiger partial charge < -0.3 is 24.1 Å². The van der Waals surface area contributed by atoms with Crippen LogP contribution in [0.2, 0.25) is 10.0 Å². The minimum atomic E-state index is -1.14. The Labute approximate surface area is 215 Å². The van der Waals surface area contributed by atoms with Crippen molar-refractivity contribution in [2.24, 2.45) is 0 Å². The normalized spacial score (nSPS) is 16.9. The molecule has 4 rings (SSSR count). The lowest BCUT2D eigenvalue weighted by Gasteiger charge is -2.24. The number of benzene rings is 2. The summed E-state index contributed by atoms with van der Waals surface area (Å²) in [6.45, 7) is 0. The van der Waals surface area contributed by atoms with E-state index in [1.54, 1.807) is 12.1 Å². The fourth-order valence-electron chi connectivity index (χ4n) is 4.06. The molecule has 2 N–H and O–H groups in total. The van der Waals surface area contributed by atoms with Crippen LogP contribution in [0.4, 0.5) is 5.69 Å². The predicted octanol–water partition coefficient (Wildman–Crippen LogP) is 4.86. The van der Waals surface area contributed by atoms with E-state index in [1.807, 2.05) is 0 Å². The van der Waals surface area contributed by atoms with Crippen LogP contribution in [0.3, 0.4) is 0 Å². The smallest absolute Gasteiger partial charge is 0.307 e. The van der Waals surface area contributed by atoms with Crippen LogP contribution in [-0.4, -0.2) is 42.1 Å². The molecule has 1 fully saturated rings. The van der Waals surface area contributed by atoms with E-state index in [-0.39, 0.29) is 44.9 Å². The fraction of sp³-hybridized carbons (Fsp3) is 0.160. The van der Waals surface area contributed by atoms with E-state index in [0.29, 0.717) is 11.3 Å². The molecule has 9 nitrogen and oxygen atoms in total. The van der Waals surface area contributed by atoms with Crippen LogP contribution in [0.25, 0.3) is 5.76 Å². The van der Waals surface area contributed by atoms with Crippen molar-refractivity contribution in [3.63, 3.8) is 0 Å². The van der Waals surface area contributed by atoms with Gasteiger partial charge in [-0.2, -0.15) is 0 Å². The molecule has 1 aliphatic rings. The van der Waals surface area contributed by atoms with E-state index in [0.717, 1.165) is 4.90 Å². The SMILES string of the molecule is COc1c(Cl)cc(/C(O)=C2/C(=O)C(=O)N(c3ccc(CC(=O)O)cc3)C2c2ccco2)c(OC)c1Cl. The number of nitrogens with zero attached hydrogens (tertiary/aromatic N) is 1. The summed E-state index contributed by atoms with van der Waals surface area (Å²) < 4.78 is 16.1. The summed E-state index contributed by atoms with van der Waals surface area (Å²) in [4.78, 5) is 38.6. The molecule has 0 bridgehead atoms. The number of furan rings is 1. The van der Waals surface area contributed by atoms with Crippen molar-refractivity contribution in [1.29, 1.82) is 0 Å². The number of Topliss-reactive ketones (excluding diaryl/α,β-unsaturated/α-hetero) is 1. The van der Waals surface area contributed by atoms with Crippen LogP contribution in [0.5, 0.6) is 11.5 Å². The van der Waals surface area contributed by atoms with Gasteiger partial charge in [0, 0.05) is 5.69 Å². The average molecular weight is 532 g/mol. The zero-order valence-electron chi connectivity index (χ0n) is 19.0. The van der Waals surface area contributed by atoms with Crippen molar-refractivity contribution >= 4 is 52.3 Å². The van der Waals surface area contributed by atoms with Gasteiger partial charge in [0.2, 0.25) is 0 Å². The van der Waals surface area contributed by atoms with Gasteiger partial charge in [0.25, 0.3) is 11.7 Å². The molecule has 1 aliphatic heterocycles. The molecule has 1 aromatic heterocycles. The third-order valence-corrected chi connectivity index (χ3v) is 6.25. The van der Waals surface area contributed by atoms with E-state index in [1.165, 1.54) is 50.8 Å². The van der Waals surface area contributed by atoms with Crippen LogP contribution in [-0.2, 0) is 20.8 Å². The highest BCUT2D eigenvalue weighted by Gasteiger charge is 2.48. The number of methoxy groups -OCH3 is 2. The Kier molecular flexibility index (Phi) is 6.96. The first-order valence-corrected chi connectivity index (χ1v) is 11.2. The topological polar surface area (TPSA) is 127 Å². The monoisotopic (exact) mass is 531 g/mol. The van der Waals surface area contributed by atoms with E-state index < -0.39 is 29.5 Å². The van der Waals surface area contributed by atoms with E-state index in [9.17, 15) is 19.5 Å². The minimum absolute atomic E-state index is 0.0159. The molecular formula is C25H19Cl2NO8. The molecule has 1 amide bonds. The van der Waals surface area contributed by atoms with Crippen molar-refractivity contribution in [3.8, 4) is 11.5 Å². The van der Waals surface area contributed by atoms with Crippen molar-refractivity contribution in [1.82, 2.24) is 0 Å². The van der Waals surface area contributed by atoms with E-state index in [4.69, 9.17) is 42.2 Å². The summed E-state index contributed by atoms with van der Waals surface area (Å²) in [6, 6.07) is 9.40. The Morgan fingerprint density at radius 2 is 1.72 bits per heavy atom. The first-order valence-electron chi connectivity index (χ1n) is 10.4. The molecule has 36 heavy (non-hydrogen) atoms. The Morgan fingerprint density at radius 3 is 2.28 bits per heavy atom. The fourth-order valence-corrected chi connectivity index (χ4v) is 4.74.